The first-order chi connectivity index (χ1) is 6.75. The number of nitrogens with one attached hydrogen (secondary N) is 1. The van der Waals surface area contributed by atoms with E-state index in [-0.39, 0.29) is 0 Å². The van der Waals surface area contributed by atoms with Gasteiger partial charge in [-0.25, -0.2) is 9.37 Å². The fourth-order valence-corrected chi connectivity index (χ4v) is 1.17. The number of H-pyrrole nitrogens is 1. The Morgan fingerprint density at radius 2 is 2.07 bits per heavy atom. The first-order valence-electron chi connectivity index (χ1n) is 4.03. The summed E-state index contributed by atoms with van der Waals surface area (Å²) in [6.07, 6.45) is 5.12. The fraction of sp³-hybridized carbons (Fsp3) is 0.111. The molecular formula is C9H7F2N3. The summed E-state index contributed by atoms with van der Waals surface area (Å²) in [6, 6.07) is 1.13. The minimum absolute atomic E-state index is 0.487. The molecule has 2 heterocycles. The maximum absolute atomic E-state index is 12.7. The van der Waals surface area contributed by atoms with Crippen molar-refractivity contribution in [3.05, 3.63) is 47.5 Å². The lowest BCUT2D eigenvalue weighted by Gasteiger charge is -1.98. The molecular weight excluding hydrogens is 188 g/mol. The van der Waals surface area contributed by atoms with Crippen LogP contribution >= 0.6 is 0 Å². The Balaban J connectivity index is 2.22. The quantitative estimate of drug-likeness (QED) is 0.740. The summed E-state index contributed by atoms with van der Waals surface area (Å²) in [5.41, 5.74) is 1.52. The van der Waals surface area contributed by atoms with E-state index >= 15 is 0 Å². The topological polar surface area (TPSA) is 41.6 Å². The molecule has 0 radical (unpaired) electrons. The highest BCUT2D eigenvalue weighted by molar-refractivity contribution is 5.20. The Kier molecular flexibility index (Phi) is 2.22. The van der Waals surface area contributed by atoms with Gasteiger partial charge in [0.1, 0.15) is 0 Å². The Hall–Kier alpha value is -1.78. The van der Waals surface area contributed by atoms with Crippen molar-refractivity contribution in [2.75, 3.05) is 0 Å². The molecule has 0 amide bonds. The van der Waals surface area contributed by atoms with Gasteiger partial charge in [0.25, 0.3) is 0 Å². The van der Waals surface area contributed by atoms with Crippen LogP contribution in [0, 0.1) is 11.8 Å². The fourth-order valence-electron chi connectivity index (χ4n) is 1.17. The second kappa shape index (κ2) is 3.53. The maximum Gasteiger partial charge on any atom is 0.248 e. The lowest BCUT2D eigenvalue weighted by atomic mass is 10.1. The van der Waals surface area contributed by atoms with Gasteiger partial charge in [0.15, 0.2) is 5.82 Å². The van der Waals surface area contributed by atoms with E-state index in [2.05, 4.69) is 15.2 Å². The zero-order valence-corrected chi connectivity index (χ0v) is 7.17. The van der Waals surface area contributed by atoms with Crippen molar-refractivity contribution in [2.45, 2.75) is 6.42 Å². The van der Waals surface area contributed by atoms with Crippen molar-refractivity contribution in [3.8, 4) is 0 Å². The van der Waals surface area contributed by atoms with Crippen LogP contribution in [0.4, 0.5) is 8.78 Å². The molecule has 0 saturated heterocycles. The molecule has 5 heteroatoms. The van der Waals surface area contributed by atoms with E-state index in [1.165, 1.54) is 6.20 Å². The van der Waals surface area contributed by atoms with Crippen molar-refractivity contribution >= 4 is 0 Å². The molecule has 2 rings (SSSR count). The van der Waals surface area contributed by atoms with Gasteiger partial charge in [-0.05, 0) is 17.2 Å². The summed E-state index contributed by atoms with van der Waals surface area (Å²) in [6.45, 7) is 0. The van der Waals surface area contributed by atoms with Gasteiger partial charge in [-0.1, -0.05) is 0 Å². The predicted molar refractivity (Wildman–Crippen MR) is 45.5 cm³/mol. The van der Waals surface area contributed by atoms with Crippen LogP contribution in [0.5, 0.6) is 0 Å². The van der Waals surface area contributed by atoms with Crippen LogP contribution in [0.3, 0.4) is 0 Å². The van der Waals surface area contributed by atoms with Crippen LogP contribution in [-0.4, -0.2) is 15.2 Å². The molecule has 0 aliphatic rings. The first kappa shape index (κ1) is 8.80. The number of hydrogen-bond acceptors (Lipinski definition) is 2. The zero-order chi connectivity index (χ0) is 9.97. The van der Waals surface area contributed by atoms with Crippen molar-refractivity contribution in [3.63, 3.8) is 0 Å². The Bertz CT molecular complexity index is 426. The minimum Gasteiger partial charge on any atom is -0.285 e. The molecule has 0 fully saturated rings. The number of pyridine rings is 1. The summed E-state index contributed by atoms with van der Waals surface area (Å²) in [5.74, 6) is -1.99. The van der Waals surface area contributed by atoms with Gasteiger partial charge in [0.05, 0.1) is 6.20 Å². The first-order valence-corrected chi connectivity index (χ1v) is 4.03. The standard InChI is InChI=1S/C9H7F2N3/c10-8-2-6(3-12-9(8)11)1-7-4-13-14-5-7/h2-5H,1H2,(H,13,14). The van der Waals surface area contributed by atoms with E-state index in [1.54, 1.807) is 12.4 Å². The highest BCUT2D eigenvalue weighted by Gasteiger charge is 2.04. The van der Waals surface area contributed by atoms with E-state index in [9.17, 15) is 8.78 Å². The third kappa shape index (κ3) is 1.76. The molecule has 2 aromatic heterocycles. The van der Waals surface area contributed by atoms with Gasteiger partial charge >= 0.3 is 0 Å². The third-order valence-corrected chi connectivity index (χ3v) is 1.82. The van der Waals surface area contributed by atoms with Crippen molar-refractivity contribution < 1.29 is 8.78 Å². The van der Waals surface area contributed by atoms with Crippen molar-refractivity contribution in [2.24, 2.45) is 0 Å². The molecule has 72 valence electrons. The highest BCUT2D eigenvalue weighted by atomic mass is 19.2. The predicted octanol–water partition coefficient (Wildman–Crippen LogP) is 1.67. The van der Waals surface area contributed by atoms with Crippen LogP contribution in [0.1, 0.15) is 11.1 Å². The van der Waals surface area contributed by atoms with Crippen LogP contribution in [0.15, 0.2) is 24.7 Å². The third-order valence-electron chi connectivity index (χ3n) is 1.82. The summed E-state index contributed by atoms with van der Waals surface area (Å²) in [5, 5.41) is 6.38. The minimum atomic E-state index is -1.07. The zero-order valence-electron chi connectivity index (χ0n) is 7.17. The molecule has 0 atom stereocenters. The molecule has 1 N–H and O–H groups in total. The van der Waals surface area contributed by atoms with Crippen LogP contribution in [-0.2, 0) is 6.42 Å². The molecule has 2 aromatic rings. The van der Waals surface area contributed by atoms with Crippen molar-refractivity contribution in [1.29, 1.82) is 0 Å². The Morgan fingerprint density at radius 3 is 2.71 bits per heavy atom. The Labute approximate surface area is 78.8 Å². The smallest absolute Gasteiger partial charge is 0.248 e. The molecule has 0 unspecified atom stereocenters. The molecule has 0 aromatic carbocycles. The lowest BCUT2D eigenvalue weighted by Crippen LogP contribution is -1.94. The Morgan fingerprint density at radius 1 is 1.21 bits per heavy atom. The van der Waals surface area contributed by atoms with Gasteiger partial charge < -0.3 is 0 Å². The molecule has 0 aliphatic carbocycles. The number of nitrogens with zero attached hydrogens (tertiary/aromatic N) is 2. The highest BCUT2D eigenvalue weighted by Crippen LogP contribution is 2.09. The van der Waals surface area contributed by atoms with E-state index in [0.29, 0.717) is 12.0 Å². The average molecular weight is 195 g/mol. The van der Waals surface area contributed by atoms with Crippen LogP contribution in [0.25, 0.3) is 0 Å². The monoisotopic (exact) mass is 195 g/mol. The second-order valence-corrected chi connectivity index (χ2v) is 2.90. The SMILES string of the molecule is Fc1cc(Cc2cn[nH]c2)cnc1F. The number of aromatic nitrogens is 3. The van der Waals surface area contributed by atoms with Gasteiger partial charge in [-0.15, -0.1) is 0 Å². The molecule has 0 spiro atoms. The second-order valence-electron chi connectivity index (χ2n) is 2.90. The molecule has 3 nitrogen and oxygen atoms in total. The molecule has 0 saturated carbocycles. The van der Waals surface area contributed by atoms with Crippen LogP contribution in [0.2, 0.25) is 0 Å². The van der Waals surface area contributed by atoms with Gasteiger partial charge in [0.2, 0.25) is 5.95 Å². The van der Waals surface area contributed by atoms with Crippen LogP contribution < -0.4 is 0 Å². The van der Waals surface area contributed by atoms with E-state index < -0.39 is 11.8 Å². The van der Waals surface area contributed by atoms with Crippen molar-refractivity contribution in [1.82, 2.24) is 15.2 Å². The number of rotatable bonds is 2. The molecule has 14 heavy (non-hydrogen) atoms. The number of hydrogen-bond donors (Lipinski definition) is 1. The number of aromatic amines is 1. The summed E-state index contributed by atoms with van der Waals surface area (Å²) < 4.78 is 25.2. The summed E-state index contributed by atoms with van der Waals surface area (Å²) >= 11 is 0. The average Bonchev–Trinajstić information content (AvgIpc) is 2.64. The van der Waals surface area contributed by atoms with E-state index in [0.717, 1.165) is 11.6 Å². The van der Waals surface area contributed by atoms with Gasteiger partial charge in [-0.2, -0.15) is 9.49 Å². The largest absolute Gasteiger partial charge is 0.285 e. The van der Waals surface area contributed by atoms with E-state index in [1.807, 2.05) is 0 Å². The van der Waals surface area contributed by atoms with Gasteiger partial charge in [0, 0.05) is 18.8 Å². The van der Waals surface area contributed by atoms with E-state index in [4.69, 9.17) is 0 Å². The summed E-state index contributed by atoms with van der Waals surface area (Å²) in [4.78, 5) is 3.29. The molecule has 0 aliphatic heterocycles. The lowest BCUT2D eigenvalue weighted by molar-refractivity contribution is 0.477. The maximum atomic E-state index is 12.7. The summed E-state index contributed by atoms with van der Waals surface area (Å²) in [7, 11) is 0. The number of halogens is 2. The van der Waals surface area contributed by atoms with Gasteiger partial charge in [-0.3, -0.25) is 5.10 Å². The normalized spacial score (nSPS) is 10.4. The molecule has 0 bridgehead atoms.